The van der Waals surface area contributed by atoms with Gasteiger partial charge in [-0.05, 0) is 55.7 Å². The molecule has 3 aromatic rings. The van der Waals surface area contributed by atoms with Crippen LogP contribution in [0.5, 0.6) is 0 Å². The van der Waals surface area contributed by atoms with E-state index < -0.39 is 28.5 Å². The van der Waals surface area contributed by atoms with Crippen molar-refractivity contribution in [3.63, 3.8) is 0 Å². The first-order valence-electron chi connectivity index (χ1n) is 11.4. The standard InChI is InChI=1S/C27H31N3O4S/c1-20-12-8-10-14-23(20)18-29(22(3)27(32)28-4)26(31)19-30(25-17-11-9-13-21(25)2)35(33,34)24-15-6-5-7-16-24/h5-17,22H,18-19H2,1-4H3,(H,28,32)/t22-/m1/s1. The Hall–Kier alpha value is -3.65. The van der Waals surface area contributed by atoms with E-state index in [1.54, 1.807) is 50.2 Å². The van der Waals surface area contributed by atoms with Crippen molar-refractivity contribution in [1.82, 2.24) is 10.2 Å². The monoisotopic (exact) mass is 493 g/mol. The van der Waals surface area contributed by atoms with E-state index in [1.807, 2.05) is 37.3 Å². The second-order valence-electron chi connectivity index (χ2n) is 8.35. The summed E-state index contributed by atoms with van der Waals surface area (Å²) in [6.45, 7) is 5.09. The summed E-state index contributed by atoms with van der Waals surface area (Å²) in [5, 5.41) is 2.59. The van der Waals surface area contributed by atoms with Crippen LogP contribution in [0.15, 0.2) is 83.8 Å². The Balaban J connectivity index is 2.05. The second-order valence-corrected chi connectivity index (χ2v) is 10.2. The smallest absolute Gasteiger partial charge is 0.264 e. The highest BCUT2D eigenvalue weighted by Crippen LogP contribution is 2.27. The molecule has 2 amide bonds. The fourth-order valence-corrected chi connectivity index (χ4v) is 5.34. The van der Waals surface area contributed by atoms with Crippen LogP contribution in [0.2, 0.25) is 0 Å². The summed E-state index contributed by atoms with van der Waals surface area (Å²) in [7, 11) is -2.54. The largest absolute Gasteiger partial charge is 0.357 e. The molecule has 1 atom stereocenters. The number of amides is 2. The Morgan fingerprint density at radius 3 is 2.03 bits per heavy atom. The van der Waals surface area contributed by atoms with Gasteiger partial charge in [-0.3, -0.25) is 13.9 Å². The van der Waals surface area contributed by atoms with E-state index in [-0.39, 0.29) is 17.3 Å². The zero-order valence-corrected chi connectivity index (χ0v) is 21.2. The van der Waals surface area contributed by atoms with Gasteiger partial charge in [-0.1, -0.05) is 60.7 Å². The summed E-state index contributed by atoms with van der Waals surface area (Å²) in [4.78, 5) is 27.8. The highest BCUT2D eigenvalue weighted by atomic mass is 32.2. The van der Waals surface area contributed by atoms with E-state index in [1.165, 1.54) is 24.1 Å². The van der Waals surface area contributed by atoms with Crippen LogP contribution in [0.1, 0.15) is 23.6 Å². The topological polar surface area (TPSA) is 86.8 Å². The average Bonchev–Trinajstić information content (AvgIpc) is 2.86. The van der Waals surface area contributed by atoms with Crippen molar-refractivity contribution in [3.8, 4) is 0 Å². The Morgan fingerprint density at radius 1 is 0.857 bits per heavy atom. The highest BCUT2D eigenvalue weighted by molar-refractivity contribution is 7.92. The van der Waals surface area contributed by atoms with E-state index in [0.717, 1.165) is 15.4 Å². The molecule has 0 aromatic heterocycles. The number of aryl methyl sites for hydroxylation is 2. The van der Waals surface area contributed by atoms with Crippen LogP contribution in [0.3, 0.4) is 0 Å². The lowest BCUT2D eigenvalue weighted by atomic mass is 10.1. The van der Waals surface area contributed by atoms with E-state index in [4.69, 9.17) is 0 Å². The van der Waals surface area contributed by atoms with Gasteiger partial charge in [-0.25, -0.2) is 8.42 Å². The number of carbonyl (C=O) groups is 2. The second kappa shape index (κ2) is 11.2. The first-order chi connectivity index (χ1) is 16.7. The predicted molar refractivity (Wildman–Crippen MR) is 137 cm³/mol. The number of carbonyl (C=O) groups excluding carboxylic acids is 2. The van der Waals surface area contributed by atoms with Gasteiger partial charge in [0, 0.05) is 13.6 Å². The van der Waals surface area contributed by atoms with Crippen LogP contribution < -0.4 is 9.62 Å². The Kier molecular flexibility index (Phi) is 8.30. The van der Waals surface area contributed by atoms with Gasteiger partial charge in [0.05, 0.1) is 10.6 Å². The number of nitrogens with zero attached hydrogens (tertiary/aromatic N) is 2. The molecule has 1 N–H and O–H groups in total. The zero-order valence-electron chi connectivity index (χ0n) is 20.4. The third-order valence-corrected chi connectivity index (χ3v) is 7.78. The molecule has 35 heavy (non-hydrogen) atoms. The van der Waals surface area contributed by atoms with E-state index in [9.17, 15) is 18.0 Å². The van der Waals surface area contributed by atoms with Gasteiger partial charge in [0.25, 0.3) is 10.0 Å². The summed E-state index contributed by atoms with van der Waals surface area (Å²) in [5.74, 6) is -0.813. The predicted octanol–water partition coefficient (Wildman–Crippen LogP) is 3.66. The average molecular weight is 494 g/mol. The van der Waals surface area contributed by atoms with Gasteiger partial charge in [-0.15, -0.1) is 0 Å². The number of likely N-dealkylation sites (N-methyl/N-ethyl adjacent to an activating group) is 1. The van der Waals surface area contributed by atoms with Crippen molar-refractivity contribution in [2.24, 2.45) is 0 Å². The number of anilines is 1. The van der Waals surface area contributed by atoms with Crippen molar-refractivity contribution >= 4 is 27.5 Å². The summed E-state index contributed by atoms with van der Waals surface area (Å²) in [6.07, 6.45) is 0. The van der Waals surface area contributed by atoms with Gasteiger partial charge in [-0.2, -0.15) is 0 Å². The number of rotatable bonds is 9. The molecule has 184 valence electrons. The molecular formula is C27H31N3O4S. The molecule has 3 aromatic carbocycles. The van der Waals surface area contributed by atoms with E-state index in [2.05, 4.69) is 5.32 Å². The molecule has 0 radical (unpaired) electrons. The minimum atomic E-state index is -4.05. The molecule has 0 unspecified atom stereocenters. The molecule has 0 fully saturated rings. The number of hydrogen-bond acceptors (Lipinski definition) is 4. The molecule has 8 heteroatoms. The number of sulfonamides is 1. The number of para-hydroxylation sites is 1. The molecule has 7 nitrogen and oxygen atoms in total. The minimum absolute atomic E-state index is 0.0841. The highest BCUT2D eigenvalue weighted by Gasteiger charge is 2.32. The van der Waals surface area contributed by atoms with Crippen LogP contribution in [-0.4, -0.2) is 44.8 Å². The summed E-state index contributed by atoms with van der Waals surface area (Å²) >= 11 is 0. The van der Waals surface area contributed by atoms with Gasteiger partial charge in [0.1, 0.15) is 12.6 Å². The van der Waals surface area contributed by atoms with Gasteiger partial charge < -0.3 is 10.2 Å². The molecule has 3 rings (SSSR count). The third-order valence-electron chi connectivity index (χ3n) is 6.01. The quantitative estimate of drug-likeness (QED) is 0.493. The molecule has 0 aliphatic rings. The fourth-order valence-electron chi connectivity index (χ4n) is 3.84. The van der Waals surface area contributed by atoms with Crippen molar-refractivity contribution < 1.29 is 18.0 Å². The third kappa shape index (κ3) is 5.89. The normalized spacial score (nSPS) is 12.0. The number of nitrogens with one attached hydrogen (secondary N) is 1. The zero-order chi connectivity index (χ0) is 25.6. The van der Waals surface area contributed by atoms with Gasteiger partial charge in [0.15, 0.2) is 0 Å². The summed E-state index contributed by atoms with van der Waals surface area (Å²) in [6, 6.07) is 21.8. The maximum Gasteiger partial charge on any atom is 0.264 e. The van der Waals surface area contributed by atoms with Crippen molar-refractivity contribution in [2.75, 3.05) is 17.9 Å². The molecule has 0 heterocycles. The van der Waals surface area contributed by atoms with Crippen molar-refractivity contribution in [1.29, 1.82) is 0 Å². The molecule has 0 bridgehead atoms. The first kappa shape index (κ1) is 26.0. The van der Waals surface area contributed by atoms with Crippen LogP contribution in [0, 0.1) is 13.8 Å². The first-order valence-corrected chi connectivity index (χ1v) is 12.8. The maximum absolute atomic E-state index is 13.7. The Labute approximate surface area is 207 Å². The van der Waals surface area contributed by atoms with E-state index >= 15 is 0 Å². The number of hydrogen-bond donors (Lipinski definition) is 1. The molecular weight excluding hydrogens is 462 g/mol. The fraction of sp³-hybridized carbons (Fsp3) is 0.259. The molecule has 0 saturated carbocycles. The van der Waals surface area contributed by atoms with Crippen LogP contribution in [0.4, 0.5) is 5.69 Å². The minimum Gasteiger partial charge on any atom is -0.357 e. The van der Waals surface area contributed by atoms with Gasteiger partial charge >= 0.3 is 0 Å². The lowest BCUT2D eigenvalue weighted by Crippen LogP contribution is -2.50. The molecule has 0 saturated heterocycles. The molecule has 0 spiro atoms. The SMILES string of the molecule is CNC(=O)[C@@H](C)N(Cc1ccccc1C)C(=O)CN(c1ccccc1C)S(=O)(=O)c1ccccc1. The van der Waals surface area contributed by atoms with Crippen LogP contribution in [0.25, 0.3) is 0 Å². The summed E-state index contributed by atoms with van der Waals surface area (Å²) in [5.41, 5.74) is 2.98. The van der Waals surface area contributed by atoms with E-state index in [0.29, 0.717) is 11.3 Å². The lowest BCUT2D eigenvalue weighted by Gasteiger charge is -2.32. The Morgan fingerprint density at radius 2 is 1.43 bits per heavy atom. The van der Waals surface area contributed by atoms with Crippen LogP contribution >= 0.6 is 0 Å². The van der Waals surface area contributed by atoms with Crippen LogP contribution in [-0.2, 0) is 26.2 Å². The van der Waals surface area contributed by atoms with Crippen molar-refractivity contribution in [2.45, 2.75) is 38.3 Å². The van der Waals surface area contributed by atoms with Crippen molar-refractivity contribution in [3.05, 3.63) is 95.6 Å². The maximum atomic E-state index is 13.7. The number of benzene rings is 3. The Bertz CT molecular complexity index is 1290. The van der Waals surface area contributed by atoms with Gasteiger partial charge in [0.2, 0.25) is 11.8 Å². The molecule has 0 aliphatic carbocycles. The lowest BCUT2D eigenvalue weighted by molar-refractivity contribution is -0.139. The molecule has 0 aliphatic heterocycles. The summed E-state index contributed by atoms with van der Waals surface area (Å²) < 4.78 is 28.5.